The van der Waals surface area contributed by atoms with Gasteiger partial charge >= 0.3 is 0 Å². The van der Waals surface area contributed by atoms with Crippen molar-refractivity contribution in [2.24, 2.45) is 4.99 Å². The number of nitrogens with zero attached hydrogens (tertiary/aromatic N) is 1. The average molecular weight is 334 g/mol. The summed E-state index contributed by atoms with van der Waals surface area (Å²) in [6.45, 7) is 0.612. The lowest BCUT2D eigenvalue weighted by molar-refractivity contribution is -0.890. The van der Waals surface area contributed by atoms with Crippen LogP contribution in [0.4, 0.5) is 0 Å². The first-order chi connectivity index (χ1) is 11.0. The maximum absolute atomic E-state index is 9.82. The van der Waals surface area contributed by atoms with Crippen LogP contribution >= 0.6 is 11.6 Å². The number of ether oxygens (including phenoxy) is 1. The van der Waals surface area contributed by atoms with Crippen LogP contribution < -0.4 is 9.64 Å². The molecule has 0 aliphatic heterocycles. The van der Waals surface area contributed by atoms with Crippen molar-refractivity contribution in [1.82, 2.24) is 0 Å². The molecule has 5 heteroatoms. The Hall–Kier alpha value is -2.04. The second kappa shape index (κ2) is 7.99. The van der Waals surface area contributed by atoms with Gasteiger partial charge in [0.05, 0.1) is 27.7 Å². The largest absolute Gasteiger partial charge is 0.507 e. The summed E-state index contributed by atoms with van der Waals surface area (Å²) in [5.74, 6) is 1.02. The van der Waals surface area contributed by atoms with E-state index in [9.17, 15) is 5.11 Å². The number of halogens is 1. The number of hydrogen-bond donors (Lipinski definition) is 2. The molecule has 0 saturated carbocycles. The van der Waals surface area contributed by atoms with E-state index in [1.165, 1.54) is 10.5 Å². The fourth-order valence-electron chi connectivity index (χ4n) is 2.34. The van der Waals surface area contributed by atoms with Gasteiger partial charge in [-0.2, -0.15) is 0 Å². The number of nitrogens with one attached hydrogen (secondary N) is 1. The number of likely N-dealkylation sites (N-methyl/N-ethyl adjacent to an activating group) is 1. The molecule has 122 valence electrons. The quantitative estimate of drug-likeness (QED) is 0.797. The fraction of sp³-hybridized carbons (Fsp3) is 0.278. The van der Waals surface area contributed by atoms with Crippen LogP contribution in [0.3, 0.4) is 0 Å². The van der Waals surface area contributed by atoms with Crippen LogP contribution in [-0.2, 0) is 0 Å². The molecule has 0 aliphatic carbocycles. The molecule has 0 aliphatic rings. The number of quaternary nitrogens is 1. The SMILES string of the molecule is COc1ccc([C@H](CN=Cc2cc(Cl)ccc2O)[NH+](C)C)cc1. The summed E-state index contributed by atoms with van der Waals surface area (Å²) in [5.41, 5.74) is 1.82. The number of aliphatic imine (C=N–C) groups is 1. The van der Waals surface area contributed by atoms with Gasteiger partial charge in [-0.3, -0.25) is 4.99 Å². The third-order valence-corrected chi connectivity index (χ3v) is 3.96. The van der Waals surface area contributed by atoms with Gasteiger partial charge in [0.1, 0.15) is 17.5 Å². The summed E-state index contributed by atoms with van der Waals surface area (Å²) < 4.78 is 5.20. The van der Waals surface area contributed by atoms with Crippen LogP contribution in [0.2, 0.25) is 5.02 Å². The van der Waals surface area contributed by atoms with Crippen LogP contribution in [0.15, 0.2) is 47.5 Å². The summed E-state index contributed by atoms with van der Waals surface area (Å²) in [6, 6.07) is 13.2. The first-order valence-corrected chi connectivity index (χ1v) is 7.81. The number of rotatable bonds is 6. The number of phenols is 1. The Morgan fingerprint density at radius 3 is 2.52 bits per heavy atom. The minimum atomic E-state index is 0.177. The second-order valence-electron chi connectivity index (χ2n) is 5.60. The van der Waals surface area contributed by atoms with Crippen LogP contribution in [0.25, 0.3) is 0 Å². The predicted octanol–water partition coefficient (Wildman–Crippen LogP) is 2.36. The van der Waals surface area contributed by atoms with Crippen molar-refractivity contribution in [1.29, 1.82) is 0 Å². The molecule has 0 amide bonds. The Bertz CT molecular complexity index is 669. The standard InChI is InChI=1S/C18H21ClN2O2/c1-21(2)17(13-4-7-16(23-3)8-5-13)12-20-11-14-10-15(19)6-9-18(14)22/h4-11,17,22H,12H2,1-3H3/p+1/t17-/m0/s1. The smallest absolute Gasteiger partial charge is 0.132 e. The number of benzene rings is 2. The van der Waals surface area contributed by atoms with Gasteiger partial charge in [-0.25, -0.2) is 0 Å². The normalized spacial score (nSPS) is 12.7. The van der Waals surface area contributed by atoms with E-state index in [4.69, 9.17) is 16.3 Å². The lowest BCUT2D eigenvalue weighted by atomic mass is 10.1. The van der Waals surface area contributed by atoms with E-state index < -0.39 is 0 Å². The van der Waals surface area contributed by atoms with E-state index in [2.05, 4.69) is 31.2 Å². The van der Waals surface area contributed by atoms with Gasteiger partial charge in [-0.1, -0.05) is 11.6 Å². The molecule has 0 heterocycles. The van der Waals surface area contributed by atoms with Crippen molar-refractivity contribution >= 4 is 17.8 Å². The highest BCUT2D eigenvalue weighted by Crippen LogP contribution is 2.20. The van der Waals surface area contributed by atoms with Crippen LogP contribution in [0.5, 0.6) is 11.5 Å². The number of methoxy groups -OCH3 is 1. The zero-order valence-electron chi connectivity index (χ0n) is 13.6. The minimum Gasteiger partial charge on any atom is -0.507 e. The van der Waals surface area contributed by atoms with Crippen molar-refractivity contribution < 1.29 is 14.7 Å². The van der Waals surface area contributed by atoms with Crippen LogP contribution in [0.1, 0.15) is 17.2 Å². The van der Waals surface area contributed by atoms with Crippen molar-refractivity contribution in [3.8, 4) is 11.5 Å². The first kappa shape index (κ1) is 17.3. The molecule has 2 N–H and O–H groups in total. The molecule has 0 bridgehead atoms. The average Bonchev–Trinajstić information content (AvgIpc) is 2.54. The molecule has 2 rings (SSSR count). The molecule has 23 heavy (non-hydrogen) atoms. The van der Waals surface area contributed by atoms with E-state index in [-0.39, 0.29) is 11.8 Å². The fourth-order valence-corrected chi connectivity index (χ4v) is 2.52. The highest BCUT2D eigenvalue weighted by Gasteiger charge is 2.17. The Morgan fingerprint density at radius 1 is 1.22 bits per heavy atom. The van der Waals surface area contributed by atoms with Gasteiger partial charge in [0, 0.05) is 22.4 Å². The first-order valence-electron chi connectivity index (χ1n) is 7.43. The van der Waals surface area contributed by atoms with Crippen molar-refractivity contribution in [3.63, 3.8) is 0 Å². The lowest BCUT2D eigenvalue weighted by Gasteiger charge is -2.20. The molecule has 4 nitrogen and oxygen atoms in total. The molecule has 0 fully saturated rings. The molecule has 0 aromatic heterocycles. The summed E-state index contributed by atoms with van der Waals surface area (Å²) in [6.07, 6.45) is 1.67. The van der Waals surface area contributed by atoms with Gasteiger partial charge in [-0.05, 0) is 42.5 Å². The van der Waals surface area contributed by atoms with E-state index in [1.807, 2.05) is 12.1 Å². The lowest BCUT2D eigenvalue weighted by Crippen LogP contribution is -3.06. The third kappa shape index (κ3) is 4.71. The summed E-state index contributed by atoms with van der Waals surface area (Å²) in [7, 11) is 5.86. The van der Waals surface area contributed by atoms with Gasteiger partial charge < -0.3 is 14.7 Å². The zero-order valence-corrected chi connectivity index (χ0v) is 14.3. The number of hydrogen-bond acceptors (Lipinski definition) is 3. The second-order valence-corrected chi connectivity index (χ2v) is 6.04. The number of aromatic hydroxyl groups is 1. The Morgan fingerprint density at radius 2 is 1.91 bits per heavy atom. The van der Waals surface area contributed by atoms with E-state index >= 15 is 0 Å². The molecule has 2 aromatic carbocycles. The molecule has 0 saturated heterocycles. The topological polar surface area (TPSA) is 46.3 Å². The summed E-state index contributed by atoms with van der Waals surface area (Å²) in [4.78, 5) is 5.77. The van der Waals surface area contributed by atoms with Gasteiger partial charge in [0.15, 0.2) is 0 Å². The highest BCUT2D eigenvalue weighted by molar-refractivity contribution is 6.30. The van der Waals surface area contributed by atoms with E-state index in [0.29, 0.717) is 17.1 Å². The molecular weight excluding hydrogens is 312 g/mol. The predicted molar refractivity (Wildman–Crippen MR) is 94.1 cm³/mol. The Kier molecular flexibility index (Phi) is 6.02. The van der Waals surface area contributed by atoms with Crippen LogP contribution in [-0.4, -0.2) is 39.1 Å². The van der Waals surface area contributed by atoms with E-state index in [1.54, 1.807) is 31.5 Å². The number of phenolic OH excluding ortho intramolecular Hbond substituents is 1. The van der Waals surface area contributed by atoms with Crippen molar-refractivity contribution in [2.75, 3.05) is 27.7 Å². The zero-order chi connectivity index (χ0) is 16.8. The molecule has 0 radical (unpaired) electrons. The molecule has 1 atom stereocenters. The van der Waals surface area contributed by atoms with Gasteiger partial charge in [-0.15, -0.1) is 0 Å². The molecule has 0 unspecified atom stereocenters. The maximum Gasteiger partial charge on any atom is 0.132 e. The van der Waals surface area contributed by atoms with Crippen molar-refractivity contribution in [2.45, 2.75) is 6.04 Å². The highest BCUT2D eigenvalue weighted by atomic mass is 35.5. The Labute approximate surface area is 142 Å². The van der Waals surface area contributed by atoms with Gasteiger partial charge in [0.25, 0.3) is 0 Å². The van der Waals surface area contributed by atoms with E-state index in [0.717, 1.165) is 5.75 Å². The monoisotopic (exact) mass is 333 g/mol. The summed E-state index contributed by atoms with van der Waals surface area (Å²) >= 11 is 5.94. The molecule has 2 aromatic rings. The van der Waals surface area contributed by atoms with Crippen LogP contribution in [0, 0.1) is 0 Å². The Balaban J connectivity index is 2.13. The molecular formula is C18H22ClN2O2+. The summed E-state index contributed by atoms with van der Waals surface area (Å²) in [5, 5.41) is 10.4. The van der Waals surface area contributed by atoms with Gasteiger partial charge in [0.2, 0.25) is 0 Å². The minimum absolute atomic E-state index is 0.177. The molecule has 0 spiro atoms. The maximum atomic E-state index is 9.82. The third-order valence-electron chi connectivity index (χ3n) is 3.72. The van der Waals surface area contributed by atoms with Crippen molar-refractivity contribution in [3.05, 3.63) is 58.6 Å².